The van der Waals surface area contributed by atoms with E-state index in [1.807, 2.05) is 0 Å². The van der Waals surface area contributed by atoms with Crippen LogP contribution in [0.5, 0.6) is 0 Å². The summed E-state index contributed by atoms with van der Waals surface area (Å²) in [5.41, 5.74) is 4.37. The predicted molar refractivity (Wildman–Crippen MR) is 42.6 cm³/mol. The normalized spacial score (nSPS) is 9.54. The number of anilines is 1. The van der Waals surface area contributed by atoms with E-state index in [-0.39, 0.29) is 11.4 Å². The summed E-state index contributed by atoms with van der Waals surface area (Å²) in [6.45, 7) is 0. The van der Waals surface area contributed by atoms with E-state index in [9.17, 15) is 9.59 Å². The third kappa shape index (κ3) is 1.56. The number of nitrogens with zero attached hydrogens (tertiary/aromatic N) is 1. The number of carboxylic acid groups (broad SMARTS) is 2. The molecule has 1 aromatic heterocycles. The van der Waals surface area contributed by atoms with Gasteiger partial charge in [-0.15, -0.1) is 0 Å². The molecule has 4 N–H and O–H groups in total. The highest BCUT2D eigenvalue weighted by atomic mass is 16.4. The van der Waals surface area contributed by atoms with Gasteiger partial charge >= 0.3 is 11.9 Å². The maximum atomic E-state index is 10.6. The van der Waals surface area contributed by atoms with Crippen molar-refractivity contribution in [1.82, 2.24) is 4.98 Å². The minimum atomic E-state index is -1.40. The molecular formula is C7H6N2O4. The second-order valence-corrected chi connectivity index (χ2v) is 2.23. The topological polar surface area (TPSA) is 114 Å². The molecule has 0 atom stereocenters. The number of nitrogen functional groups attached to an aromatic ring is 1. The van der Waals surface area contributed by atoms with Gasteiger partial charge in [0.15, 0.2) is 0 Å². The summed E-state index contributed by atoms with van der Waals surface area (Å²) >= 11 is 0. The van der Waals surface area contributed by atoms with Gasteiger partial charge in [0, 0.05) is 6.20 Å². The summed E-state index contributed by atoms with van der Waals surface area (Å²) < 4.78 is 0. The van der Waals surface area contributed by atoms with Crippen LogP contribution in [-0.4, -0.2) is 27.1 Å². The van der Waals surface area contributed by atoms with Crippen molar-refractivity contribution in [1.29, 1.82) is 0 Å². The lowest BCUT2D eigenvalue weighted by molar-refractivity contribution is 0.0652. The van der Waals surface area contributed by atoms with Gasteiger partial charge in [0.25, 0.3) is 0 Å². The van der Waals surface area contributed by atoms with Crippen LogP contribution in [0.15, 0.2) is 12.3 Å². The van der Waals surface area contributed by atoms with Crippen LogP contribution in [0.3, 0.4) is 0 Å². The third-order valence-electron chi connectivity index (χ3n) is 1.42. The minimum absolute atomic E-state index is 0.299. The molecule has 0 saturated carbocycles. The van der Waals surface area contributed by atoms with E-state index in [4.69, 9.17) is 15.9 Å². The van der Waals surface area contributed by atoms with Crippen LogP contribution in [0, 0.1) is 0 Å². The van der Waals surface area contributed by atoms with Crippen LogP contribution in [0.4, 0.5) is 5.82 Å². The number of carboxylic acids is 2. The molecule has 0 aromatic carbocycles. The summed E-state index contributed by atoms with van der Waals surface area (Å²) in [5.74, 6) is -3.04. The van der Waals surface area contributed by atoms with E-state index in [2.05, 4.69) is 4.98 Å². The lowest BCUT2D eigenvalue weighted by Crippen LogP contribution is -2.12. The molecule has 1 rings (SSSR count). The number of aromatic nitrogens is 1. The van der Waals surface area contributed by atoms with E-state index in [0.717, 1.165) is 12.3 Å². The summed E-state index contributed by atoms with van der Waals surface area (Å²) in [6.07, 6.45) is 1.14. The van der Waals surface area contributed by atoms with E-state index in [1.54, 1.807) is 0 Å². The van der Waals surface area contributed by atoms with Crippen molar-refractivity contribution in [2.24, 2.45) is 0 Å². The molecule has 0 unspecified atom stereocenters. The molecule has 68 valence electrons. The molecule has 1 aromatic rings. The lowest BCUT2D eigenvalue weighted by atomic mass is 10.1. The Bertz CT molecular complexity index is 375. The van der Waals surface area contributed by atoms with Crippen LogP contribution in [-0.2, 0) is 0 Å². The number of nitrogens with two attached hydrogens (primary N) is 1. The van der Waals surface area contributed by atoms with Gasteiger partial charge in [0.2, 0.25) is 0 Å². The summed E-state index contributed by atoms with van der Waals surface area (Å²) in [5, 5.41) is 17.2. The van der Waals surface area contributed by atoms with Gasteiger partial charge in [-0.3, -0.25) is 0 Å². The largest absolute Gasteiger partial charge is 0.478 e. The van der Waals surface area contributed by atoms with Crippen LogP contribution >= 0.6 is 0 Å². The van der Waals surface area contributed by atoms with Gasteiger partial charge < -0.3 is 15.9 Å². The molecule has 13 heavy (non-hydrogen) atoms. The fourth-order valence-corrected chi connectivity index (χ4v) is 0.881. The number of pyridine rings is 1. The first-order valence-corrected chi connectivity index (χ1v) is 3.25. The van der Waals surface area contributed by atoms with E-state index in [0.29, 0.717) is 0 Å². The Morgan fingerprint density at radius 3 is 2.31 bits per heavy atom. The van der Waals surface area contributed by atoms with Gasteiger partial charge in [-0.05, 0) is 6.07 Å². The highest BCUT2D eigenvalue weighted by Gasteiger charge is 2.19. The van der Waals surface area contributed by atoms with Gasteiger partial charge in [-0.2, -0.15) is 0 Å². The van der Waals surface area contributed by atoms with Crippen LogP contribution in [0.2, 0.25) is 0 Å². The SMILES string of the molecule is Nc1nccc(C(=O)O)c1C(=O)O. The Balaban J connectivity index is 3.43. The van der Waals surface area contributed by atoms with Crippen molar-refractivity contribution in [2.45, 2.75) is 0 Å². The Morgan fingerprint density at radius 1 is 1.31 bits per heavy atom. The van der Waals surface area contributed by atoms with E-state index < -0.39 is 17.5 Å². The summed E-state index contributed by atoms with van der Waals surface area (Å²) in [4.78, 5) is 24.6. The number of hydrogen-bond acceptors (Lipinski definition) is 4. The standard InChI is InChI=1S/C7H6N2O4/c8-5-4(7(12)13)3(6(10)11)1-2-9-5/h1-2H,(H2,8,9)(H,10,11)(H,12,13). The molecular weight excluding hydrogens is 176 g/mol. The predicted octanol–water partition coefficient (Wildman–Crippen LogP) is 0.0602. The van der Waals surface area contributed by atoms with Gasteiger partial charge in [-0.25, -0.2) is 14.6 Å². The van der Waals surface area contributed by atoms with Crippen LogP contribution < -0.4 is 5.73 Å². The first kappa shape index (κ1) is 8.98. The van der Waals surface area contributed by atoms with Crippen LogP contribution in [0.25, 0.3) is 0 Å². The molecule has 6 nitrogen and oxygen atoms in total. The van der Waals surface area contributed by atoms with E-state index in [1.165, 1.54) is 0 Å². The first-order chi connectivity index (χ1) is 6.04. The highest BCUT2D eigenvalue weighted by Crippen LogP contribution is 2.13. The molecule has 0 fully saturated rings. The zero-order valence-corrected chi connectivity index (χ0v) is 6.39. The molecule has 0 saturated heterocycles. The summed E-state index contributed by atoms with van der Waals surface area (Å²) in [7, 11) is 0. The van der Waals surface area contributed by atoms with Crippen LogP contribution in [0.1, 0.15) is 20.7 Å². The molecule has 6 heteroatoms. The number of hydrogen-bond donors (Lipinski definition) is 3. The Hall–Kier alpha value is -2.11. The van der Waals surface area contributed by atoms with Crippen molar-refractivity contribution >= 4 is 17.8 Å². The zero-order chi connectivity index (χ0) is 10.0. The molecule has 0 bridgehead atoms. The van der Waals surface area contributed by atoms with Crippen molar-refractivity contribution < 1.29 is 19.8 Å². The average molecular weight is 182 g/mol. The zero-order valence-electron chi connectivity index (χ0n) is 6.39. The monoisotopic (exact) mass is 182 g/mol. The smallest absolute Gasteiger partial charge is 0.340 e. The molecule has 1 heterocycles. The Kier molecular flexibility index (Phi) is 2.14. The second-order valence-electron chi connectivity index (χ2n) is 2.23. The van der Waals surface area contributed by atoms with Gasteiger partial charge in [-0.1, -0.05) is 0 Å². The minimum Gasteiger partial charge on any atom is -0.478 e. The van der Waals surface area contributed by atoms with E-state index >= 15 is 0 Å². The highest BCUT2D eigenvalue weighted by molar-refractivity contribution is 6.04. The molecule has 0 aliphatic carbocycles. The molecule has 0 radical (unpaired) electrons. The number of rotatable bonds is 2. The lowest BCUT2D eigenvalue weighted by Gasteiger charge is -2.02. The fourth-order valence-electron chi connectivity index (χ4n) is 0.881. The Labute approximate surface area is 72.6 Å². The van der Waals surface area contributed by atoms with Crippen molar-refractivity contribution in [3.63, 3.8) is 0 Å². The average Bonchev–Trinajstić information content (AvgIpc) is 2.02. The maximum absolute atomic E-state index is 10.6. The second kappa shape index (κ2) is 3.10. The van der Waals surface area contributed by atoms with Gasteiger partial charge in [0.1, 0.15) is 11.4 Å². The number of carbonyl (C=O) groups is 2. The quantitative estimate of drug-likeness (QED) is 0.595. The molecule has 0 amide bonds. The van der Waals surface area contributed by atoms with Crippen molar-refractivity contribution in [3.05, 3.63) is 23.4 Å². The van der Waals surface area contributed by atoms with Crippen molar-refractivity contribution in [3.8, 4) is 0 Å². The third-order valence-corrected chi connectivity index (χ3v) is 1.42. The Morgan fingerprint density at radius 2 is 1.92 bits per heavy atom. The van der Waals surface area contributed by atoms with Gasteiger partial charge in [0.05, 0.1) is 5.56 Å². The van der Waals surface area contributed by atoms with Crippen molar-refractivity contribution in [2.75, 3.05) is 5.73 Å². The maximum Gasteiger partial charge on any atom is 0.340 e. The first-order valence-electron chi connectivity index (χ1n) is 3.25. The molecule has 0 aliphatic rings. The number of aromatic carboxylic acids is 2. The summed E-state index contributed by atoms with van der Waals surface area (Å²) in [6, 6.07) is 1.09. The fraction of sp³-hybridized carbons (Fsp3) is 0. The molecule has 0 spiro atoms. The molecule has 0 aliphatic heterocycles.